The third-order valence-electron chi connectivity index (χ3n) is 1.64. The minimum absolute atomic E-state index is 0.549. The first-order valence-corrected chi connectivity index (χ1v) is 3.80. The van der Waals surface area contributed by atoms with Crippen molar-refractivity contribution in [1.29, 1.82) is 10.8 Å². The topological polar surface area (TPSA) is 151 Å². The Morgan fingerprint density at radius 3 is 2.00 bits per heavy atom. The van der Waals surface area contributed by atoms with E-state index in [1.54, 1.807) is 0 Å². The molecule has 0 aromatic heterocycles. The molecule has 0 aliphatic carbocycles. The van der Waals surface area contributed by atoms with Crippen molar-refractivity contribution in [2.24, 2.45) is 5.73 Å². The molecule has 0 radical (unpaired) electrons. The number of carboxylic acids is 1. The van der Waals surface area contributed by atoms with Crippen molar-refractivity contribution >= 4 is 17.4 Å². The highest BCUT2D eigenvalue weighted by Crippen LogP contribution is 1.98. The minimum Gasteiger partial charge on any atom is -0.480 e. The lowest BCUT2D eigenvalue weighted by Crippen LogP contribution is -2.48. The van der Waals surface area contributed by atoms with Crippen molar-refractivity contribution in [1.82, 2.24) is 0 Å². The molecule has 0 aliphatic rings. The smallest absolute Gasteiger partial charge is 0.326 e. The fourth-order valence-electron chi connectivity index (χ4n) is 0.699. The fraction of sp³-hybridized carbons (Fsp3) is 0.571. The van der Waals surface area contributed by atoms with E-state index in [1.807, 2.05) is 0 Å². The molecule has 0 rings (SSSR count). The average Bonchev–Trinajstić information content (AvgIpc) is 2.12. The summed E-state index contributed by atoms with van der Waals surface area (Å²) in [4.78, 5) is 10.3. The Bertz CT molecular complexity index is 264. The number of carbonyl (C=O) groups is 1. The lowest BCUT2D eigenvalue weighted by Gasteiger charge is -2.17. The van der Waals surface area contributed by atoms with Gasteiger partial charge in [0.2, 0.25) is 0 Å². The molecule has 0 saturated carbocycles. The molecule has 80 valence electrons. The summed E-state index contributed by atoms with van der Waals surface area (Å²) < 4.78 is 0. The van der Waals surface area contributed by atoms with Crippen molar-refractivity contribution < 1.29 is 20.1 Å². The summed E-state index contributed by atoms with van der Waals surface area (Å²) in [6.07, 6.45) is -2.99. The predicted molar refractivity (Wildman–Crippen MR) is 48.8 cm³/mol. The number of nitrogens with two attached hydrogens (primary N) is 1. The van der Waals surface area contributed by atoms with Crippen LogP contribution in [-0.4, -0.2) is 51.0 Å². The van der Waals surface area contributed by atoms with Gasteiger partial charge >= 0.3 is 5.97 Å². The monoisotopic (exact) mass is 203 g/mol. The van der Waals surface area contributed by atoms with Crippen LogP contribution in [0.25, 0.3) is 0 Å². The van der Waals surface area contributed by atoms with Crippen molar-refractivity contribution in [2.45, 2.75) is 25.2 Å². The van der Waals surface area contributed by atoms with E-state index in [1.165, 1.54) is 6.92 Å². The predicted octanol–water partition coefficient (Wildman–Crippen LogP) is -1.82. The normalized spacial score (nSPS) is 16.9. The molecule has 0 amide bonds. The van der Waals surface area contributed by atoms with E-state index < -0.39 is 35.6 Å². The van der Waals surface area contributed by atoms with Crippen molar-refractivity contribution in [3.05, 3.63) is 0 Å². The number of aliphatic carboxylic acids is 1. The van der Waals surface area contributed by atoms with Gasteiger partial charge in [-0.15, -0.1) is 0 Å². The zero-order chi connectivity index (χ0) is 11.5. The van der Waals surface area contributed by atoms with Gasteiger partial charge in [-0.05, 0) is 6.92 Å². The maximum Gasteiger partial charge on any atom is 0.326 e. The number of carboxylic acid groups (broad SMARTS) is 1. The zero-order valence-electron chi connectivity index (χ0n) is 7.56. The van der Waals surface area contributed by atoms with Crippen LogP contribution in [-0.2, 0) is 4.79 Å². The molecule has 3 unspecified atom stereocenters. The van der Waals surface area contributed by atoms with Crippen LogP contribution >= 0.6 is 0 Å². The summed E-state index contributed by atoms with van der Waals surface area (Å²) in [5.74, 6) is -1.47. The molecular weight excluding hydrogens is 190 g/mol. The number of aliphatic hydroxyl groups excluding tert-OH is 2. The Labute approximate surface area is 80.2 Å². The van der Waals surface area contributed by atoms with E-state index in [0.29, 0.717) is 0 Å². The van der Waals surface area contributed by atoms with Gasteiger partial charge in [0.15, 0.2) is 0 Å². The van der Waals surface area contributed by atoms with Crippen LogP contribution in [0, 0.1) is 10.8 Å². The Balaban J connectivity index is 4.55. The van der Waals surface area contributed by atoms with Gasteiger partial charge < -0.3 is 31.9 Å². The van der Waals surface area contributed by atoms with Crippen molar-refractivity contribution in [3.63, 3.8) is 0 Å². The molecule has 14 heavy (non-hydrogen) atoms. The highest BCUT2D eigenvalue weighted by molar-refractivity contribution is 6.16. The minimum atomic E-state index is -1.75. The molecule has 0 bridgehead atoms. The van der Waals surface area contributed by atoms with Crippen molar-refractivity contribution in [3.8, 4) is 0 Å². The van der Waals surface area contributed by atoms with Gasteiger partial charge in [-0.25, -0.2) is 0 Å². The molecule has 0 heterocycles. The number of rotatable bonds is 5. The van der Waals surface area contributed by atoms with Crippen LogP contribution in [0.4, 0.5) is 0 Å². The maximum absolute atomic E-state index is 10.3. The van der Waals surface area contributed by atoms with E-state index in [4.69, 9.17) is 26.8 Å². The van der Waals surface area contributed by atoms with Crippen LogP contribution < -0.4 is 5.73 Å². The van der Waals surface area contributed by atoms with Gasteiger partial charge in [0.05, 0.1) is 17.5 Å². The van der Waals surface area contributed by atoms with E-state index in [2.05, 4.69) is 0 Å². The van der Waals surface area contributed by atoms with Gasteiger partial charge in [-0.2, -0.15) is 0 Å². The number of hydrogen-bond donors (Lipinski definition) is 6. The SMILES string of the molecule is CC(O)C(=N)C(O)C(=N)C(N)C(=O)O. The summed E-state index contributed by atoms with van der Waals surface area (Å²) in [6, 6.07) is -1.66. The van der Waals surface area contributed by atoms with E-state index >= 15 is 0 Å². The van der Waals surface area contributed by atoms with Crippen LogP contribution in [0.1, 0.15) is 6.92 Å². The quantitative estimate of drug-likeness (QED) is 0.290. The summed E-state index contributed by atoms with van der Waals surface area (Å²) in [5.41, 5.74) is 3.77. The summed E-state index contributed by atoms with van der Waals surface area (Å²) in [7, 11) is 0. The zero-order valence-corrected chi connectivity index (χ0v) is 7.56. The lowest BCUT2D eigenvalue weighted by atomic mass is 10.0. The second-order valence-corrected chi connectivity index (χ2v) is 2.81. The molecule has 7 heteroatoms. The largest absolute Gasteiger partial charge is 0.480 e. The molecule has 7 nitrogen and oxygen atoms in total. The third-order valence-corrected chi connectivity index (χ3v) is 1.64. The number of hydrogen-bond acceptors (Lipinski definition) is 6. The molecule has 0 aromatic carbocycles. The molecule has 0 fully saturated rings. The molecule has 3 atom stereocenters. The fourth-order valence-corrected chi connectivity index (χ4v) is 0.699. The van der Waals surface area contributed by atoms with E-state index in [0.717, 1.165) is 0 Å². The lowest BCUT2D eigenvalue weighted by molar-refractivity contribution is -0.136. The highest BCUT2D eigenvalue weighted by Gasteiger charge is 2.28. The summed E-state index contributed by atoms with van der Waals surface area (Å²) >= 11 is 0. The molecule has 7 N–H and O–H groups in total. The van der Waals surface area contributed by atoms with Gasteiger partial charge in [-0.3, -0.25) is 4.79 Å². The van der Waals surface area contributed by atoms with Crippen LogP contribution in [0.5, 0.6) is 0 Å². The van der Waals surface area contributed by atoms with Gasteiger partial charge in [0.1, 0.15) is 12.1 Å². The van der Waals surface area contributed by atoms with E-state index in [-0.39, 0.29) is 0 Å². The van der Waals surface area contributed by atoms with E-state index in [9.17, 15) is 9.90 Å². The first kappa shape index (κ1) is 12.7. The van der Waals surface area contributed by atoms with Crippen molar-refractivity contribution in [2.75, 3.05) is 0 Å². The standard InChI is InChI=1S/C7H13N3O4/c1-2(11)3(8)6(12)4(9)5(10)7(13)14/h2,5-6,8-9,11-12H,10H2,1H3,(H,13,14). The van der Waals surface area contributed by atoms with Gasteiger partial charge in [-0.1, -0.05) is 0 Å². The second kappa shape index (κ2) is 4.80. The molecule has 0 spiro atoms. The average molecular weight is 203 g/mol. The van der Waals surface area contributed by atoms with Gasteiger partial charge in [0.25, 0.3) is 0 Å². The Kier molecular flexibility index (Phi) is 4.35. The first-order chi connectivity index (χ1) is 6.29. The molecule has 0 aromatic rings. The highest BCUT2D eigenvalue weighted by atomic mass is 16.4. The Morgan fingerprint density at radius 2 is 1.71 bits per heavy atom. The van der Waals surface area contributed by atoms with Crippen LogP contribution in [0.3, 0.4) is 0 Å². The summed E-state index contributed by atoms with van der Waals surface area (Å²) in [5, 5.41) is 40.8. The second-order valence-electron chi connectivity index (χ2n) is 2.81. The number of nitrogens with one attached hydrogen (secondary N) is 2. The third kappa shape index (κ3) is 2.87. The Hall–Kier alpha value is -1.31. The van der Waals surface area contributed by atoms with Crippen LogP contribution in [0.15, 0.2) is 0 Å². The summed E-state index contributed by atoms with van der Waals surface area (Å²) in [6.45, 7) is 1.23. The molecule has 0 saturated heterocycles. The molecular formula is C7H13N3O4. The van der Waals surface area contributed by atoms with Crippen LogP contribution in [0.2, 0.25) is 0 Å². The maximum atomic E-state index is 10.3. The molecule has 0 aliphatic heterocycles. The number of aliphatic hydroxyl groups is 2. The first-order valence-electron chi connectivity index (χ1n) is 3.80. The Morgan fingerprint density at radius 1 is 1.29 bits per heavy atom. The van der Waals surface area contributed by atoms with Gasteiger partial charge in [0, 0.05) is 0 Å².